The van der Waals surface area contributed by atoms with Gasteiger partial charge in [0.25, 0.3) is 5.91 Å². The molecule has 1 atom stereocenters. The average molecular weight is 369 g/mol. The van der Waals surface area contributed by atoms with Crippen LogP contribution in [-0.4, -0.2) is 24.1 Å². The van der Waals surface area contributed by atoms with Gasteiger partial charge in [-0.1, -0.05) is 42.5 Å². The summed E-state index contributed by atoms with van der Waals surface area (Å²) in [4.78, 5) is 11.8. The first-order chi connectivity index (χ1) is 12.8. The Morgan fingerprint density at radius 1 is 1.00 bits per heavy atom. The van der Waals surface area contributed by atoms with Crippen LogP contribution in [0, 0.1) is 0 Å². The third-order valence-electron chi connectivity index (χ3n) is 4.17. The maximum atomic E-state index is 11.8. The molecule has 2 aromatic carbocycles. The van der Waals surface area contributed by atoms with Crippen molar-refractivity contribution in [2.24, 2.45) is 0 Å². The van der Waals surface area contributed by atoms with Crippen molar-refractivity contribution in [3.63, 3.8) is 0 Å². The molecule has 0 radical (unpaired) electrons. The highest BCUT2D eigenvalue weighted by atomic mass is 16.5. The van der Waals surface area contributed by atoms with E-state index in [2.05, 4.69) is 47.9 Å². The average Bonchev–Trinajstić information content (AvgIpc) is 2.63. The van der Waals surface area contributed by atoms with E-state index in [0.717, 1.165) is 19.4 Å². The lowest BCUT2D eigenvalue weighted by molar-refractivity contribution is -0.124. The van der Waals surface area contributed by atoms with Crippen molar-refractivity contribution in [2.75, 3.05) is 6.61 Å². The van der Waals surface area contributed by atoms with E-state index in [4.69, 9.17) is 4.74 Å². The molecule has 0 saturated carbocycles. The molecule has 2 aromatic rings. The second kappa shape index (κ2) is 10.1. The normalized spacial score (nSPS) is 12.4. The van der Waals surface area contributed by atoms with Crippen LogP contribution in [0.1, 0.15) is 45.2 Å². The monoisotopic (exact) mass is 368 g/mol. The highest BCUT2D eigenvalue weighted by Gasteiger charge is 2.13. The Kier molecular flexibility index (Phi) is 7.86. The van der Waals surface area contributed by atoms with E-state index in [9.17, 15) is 4.79 Å². The molecule has 0 aliphatic rings. The first-order valence-corrected chi connectivity index (χ1v) is 9.62. The van der Waals surface area contributed by atoms with E-state index in [-0.39, 0.29) is 18.1 Å². The molecule has 27 heavy (non-hydrogen) atoms. The molecule has 4 heteroatoms. The Balaban J connectivity index is 1.69. The standard InChI is InChI=1S/C23H32N2O2/c1-18(10-11-19-8-6-5-7-9-19)24-16-20-12-14-21(15-13-20)27-17-22(26)25-23(2,3)4/h5-9,12-15,18,24H,10-11,16-17H2,1-4H3,(H,25,26)/t18-/m1/s1. The topological polar surface area (TPSA) is 50.4 Å². The van der Waals surface area contributed by atoms with Crippen molar-refractivity contribution in [3.8, 4) is 5.75 Å². The van der Waals surface area contributed by atoms with E-state index in [1.165, 1.54) is 11.1 Å². The van der Waals surface area contributed by atoms with Gasteiger partial charge in [0.15, 0.2) is 6.61 Å². The van der Waals surface area contributed by atoms with Gasteiger partial charge in [-0.2, -0.15) is 0 Å². The number of hydrogen-bond donors (Lipinski definition) is 2. The summed E-state index contributed by atoms with van der Waals surface area (Å²) in [7, 11) is 0. The molecule has 0 spiro atoms. The fraction of sp³-hybridized carbons (Fsp3) is 0.435. The van der Waals surface area contributed by atoms with Gasteiger partial charge in [0.05, 0.1) is 0 Å². The molecule has 4 nitrogen and oxygen atoms in total. The number of hydrogen-bond acceptors (Lipinski definition) is 3. The summed E-state index contributed by atoms with van der Waals surface area (Å²) in [5, 5.41) is 6.44. The molecule has 0 saturated heterocycles. The predicted molar refractivity (Wildman–Crippen MR) is 111 cm³/mol. The summed E-state index contributed by atoms with van der Waals surface area (Å²) in [5.74, 6) is 0.598. The molecule has 1 amide bonds. The first kappa shape index (κ1) is 21.0. The summed E-state index contributed by atoms with van der Waals surface area (Å²) in [6.45, 7) is 8.93. The lowest BCUT2D eigenvalue weighted by Gasteiger charge is -2.20. The smallest absolute Gasteiger partial charge is 0.258 e. The lowest BCUT2D eigenvalue weighted by atomic mass is 10.1. The van der Waals surface area contributed by atoms with E-state index in [0.29, 0.717) is 11.8 Å². The van der Waals surface area contributed by atoms with Crippen molar-refractivity contribution < 1.29 is 9.53 Å². The molecule has 0 heterocycles. The predicted octanol–water partition coefficient (Wildman–Crippen LogP) is 4.09. The molecule has 0 fully saturated rings. The van der Waals surface area contributed by atoms with E-state index >= 15 is 0 Å². The Morgan fingerprint density at radius 3 is 2.30 bits per heavy atom. The quantitative estimate of drug-likeness (QED) is 0.701. The maximum absolute atomic E-state index is 11.8. The van der Waals surface area contributed by atoms with Gasteiger partial charge in [-0.3, -0.25) is 4.79 Å². The minimum Gasteiger partial charge on any atom is -0.484 e. The van der Waals surface area contributed by atoms with Crippen molar-refractivity contribution in [1.82, 2.24) is 10.6 Å². The van der Waals surface area contributed by atoms with Gasteiger partial charge in [-0.05, 0) is 63.8 Å². The van der Waals surface area contributed by atoms with Gasteiger partial charge < -0.3 is 15.4 Å². The summed E-state index contributed by atoms with van der Waals surface area (Å²) in [5.41, 5.74) is 2.34. The molecule has 0 aromatic heterocycles. The molecular formula is C23H32N2O2. The Labute approximate surface area is 163 Å². The van der Waals surface area contributed by atoms with Crippen LogP contribution < -0.4 is 15.4 Å². The minimum atomic E-state index is -0.243. The number of ether oxygens (including phenoxy) is 1. The number of benzene rings is 2. The van der Waals surface area contributed by atoms with Crippen LogP contribution in [0.25, 0.3) is 0 Å². The summed E-state index contributed by atoms with van der Waals surface area (Å²) < 4.78 is 5.55. The molecular weight excluding hydrogens is 336 g/mol. The minimum absolute atomic E-state index is 0.0331. The van der Waals surface area contributed by atoms with Crippen LogP contribution in [0.2, 0.25) is 0 Å². The molecule has 0 aliphatic heterocycles. The highest BCUT2D eigenvalue weighted by Crippen LogP contribution is 2.13. The third-order valence-corrected chi connectivity index (χ3v) is 4.17. The number of carbonyl (C=O) groups excluding carboxylic acids is 1. The van der Waals surface area contributed by atoms with Crippen molar-refractivity contribution in [3.05, 3.63) is 65.7 Å². The molecule has 2 rings (SSSR count). The second-order valence-corrected chi connectivity index (χ2v) is 8.04. The van der Waals surface area contributed by atoms with Gasteiger partial charge in [0.2, 0.25) is 0 Å². The van der Waals surface area contributed by atoms with Crippen LogP contribution in [0.5, 0.6) is 5.75 Å². The Hall–Kier alpha value is -2.33. The number of nitrogens with one attached hydrogen (secondary N) is 2. The van der Waals surface area contributed by atoms with Crippen LogP contribution in [0.4, 0.5) is 0 Å². The first-order valence-electron chi connectivity index (χ1n) is 9.62. The number of carbonyl (C=O) groups is 1. The summed E-state index contributed by atoms with van der Waals surface area (Å²) in [6.07, 6.45) is 2.19. The SMILES string of the molecule is C[C@H](CCc1ccccc1)NCc1ccc(OCC(=O)NC(C)(C)C)cc1. The zero-order chi connectivity index (χ0) is 19.7. The largest absolute Gasteiger partial charge is 0.484 e. The lowest BCUT2D eigenvalue weighted by Crippen LogP contribution is -2.43. The molecule has 0 aliphatic carbocycles. The van der Waals surface area contributed by atoms with Crippen LogP contribution in [-0.2, 0) is 17.8 Å². The molecule has 0 bridgehead atoms. The van der Waals surface area contributed by atoms with Gasteiger partial charge >= 0.3 is 0 Å². The van der Waals surface area contributed by atoms with E-state index < -0.39 is 0 Å². The van der Waals surface area contributed by atoms with Crippen molar-refractivity contribution >= 4 is 5.91 Å². The van der Waals surface area contributed by atoms with Crippen LogP contribution >= 0.6 is 0 Å². The van der Waals surface area contributed by atoms with Crippen molar-refractivity contribution in [2.45, 2.75) is 58.7 Å². The van der Waals surface area contributed by atoms with E-state index in [1.807, 2.05) is 45.0 Å². The molecule has 146 valence electrons. The summed E-state index contributed by atoms with van der Waals surface area (Å²) >= 11 is 0. The fourth-order valence-electron chi connectivity index (χ4n) is 2.73. The highest BCUT2D eigenvalue weighted by molar-refractivity contribution is 5.78. The van der Waals surface area contributed by atoms with Crippen molar-refractivity contribution in [1.29, 1.82) is 0 Å². The van der Waals surface area contributed by atoms with Gasteiger partial charge in [0.1, 0.15) is 5.75 Å². The maximum Gasteiger partial charge on any atom is 0.258 e. The zero-order valence-electron chi connectivity index (χ0n) is 16.9. The van der Waals surface area contributed by atoms with Crippen LogP contribution in [0.3, 0.4) is 0 Å². The van der Waals surface area contributed by atoms with Gasteiger partial charge in [-0.15, -0.1) is 0 Å². The number of amides is 1. The third kappa shape index (κ3) is 8.74. The van der Waals surface area contributed by atoms with Gasteiger partial charge in [0, 0.05) is 18.1 Å². The number of aryl methyl sites for hydroxylation is 1. The fourth-order valence-corrected chi connectivity index (χ4v) is 2.73. The molecule has 0 unspecified atom stereocenters. The number of rotatable bonds is 9. The Bertz CT molecular complexity index is 691. The summed E-state index contributed by atoms with van der Waals surface area (Å²) in [6, 6.07) is 18.9. The molecule has 2 N–H and O–H groups in total. The second-order valence-electron chi connectivity index (χ2n) is 8.04. The van der Waals surface area contributed by atoms with E-state index in [1.54, 1.807) is 0 Å². The zero-order valence-corrected chi connectivity index (χ0v) is 16.9. The Morgan fingerprint density at radius 2 is 1.67 bits per heavy atom. The van der Waals surface area contributed by atoms with Crippen LogP contribution in [0.15, 0.2) is 54.6 Å². The van der Waals surface area contributed by atoms with Gasteiger partial charge in [-0.25, -0.2) is 0 Å².